The van der Waals surface area contributed by atoms with Crippen molar-refractivity contribution in [3.05, 3.63) is 99.7 Å². The van der Waals surface area contributed by atoms with Crippen LogP contribution in [0, 0.1) is 5.82 Å². The number of ether oxygens (including phenoxy) is 2. The topological polar surface area (TPSA) is 142 Å². The number of H-pyrrole nitrogens is 1. The van der Waals surface area contributed by atoms with Crippen molar-refractivity contribution in [2.24, 2.45) is 0 Å². The Morgan fingerprint density at radius 3 is 2.59 bits per heavy atom. The van der Waals surface area contributed by atoms with Crippen molar-refractivity contribution < 1.29 is 28.6 Å². The fourth-order valence-corrected chi connectivity index (χ4v) is 4.49. The number of aliphatic carboxylic acids is 1. The van der Waals surface area contributed by atoms with E-state index in [1.54, 1.807) is 24.3 Å². The molecule has 1 amide bonds. The zero-order valence-corrected chi connectivity index (χ0v) is 22.8. The Hall–Kier alpha value is -4.90. The first kappa shape index (κ1) is 29.1. The second-order valence-electron chi connectivity index (χ2n) is 9.50. The number of aromatic amines is 1. The van der Waals surface area contributed by atoms with Gasteiger partial charge < -0.3 is 30.2 Å². The molecule has 0 aliphatic rings. The summed E-state index contributed by atoms with van der Waals surface area (Å²) in [4.78, 5) is 39.1. The standard InChI is InChI=1S/C30H31FN4O6/c1-17(16-41-30(39)35-20-6-4-5-18(11-20)14-32-2)22-9-7-19(12-26(22)40-3)27(29(37)38)34-21-8-10-23-24(13-21)28(36)33-15-25(23)31/h4-13,15,17,27,32,34H,14,16H2,1-3H3,(H,33,36)(H,35,39)(H,37,38)/t17-,27?/m0/s1. The average Bonchev–Trinajstić information content (AvgIpc) is 2.96. The summed E-state index contributed by atoms with van der Waals surface area (Å²) in [7, 11) is 3.31. The number of anilines is 2. The van der Waals surface area contributed by atoms with Gasteiger partial charge in [0, 0.05) is 41.0 Å². The molecule has 214 valence electrons. The Labute approximate surface area is 235 Å². The number of fused-ring (bicyclic) bond motifs is 1. The normalized spacial score (nSPS) is 12.4. The van der Waals surface area contributed by atoms with Crippen LogP contribution in [0.2, 0.25) is 0 Å². The van der Waals surface area contributed by atoms with Crippen molar-refractivity contribution in [2.75, 3.05) is 31.4 Å². The zero-order chi connectivity index (χ0) is 29.5. The van der Waals surface area contributed by atoms with E-state index in [2.05, 4.69) is 20.9 Å². The lowest BCUT2D eigenvalue weighted by molar-refractivity contribution is -0.138. The molecule has 5 N–H and O–H groups in total. The van der Waals surface area contributed by atoms with E-state index in [4.69, 9.17) is 9.47 Å². The molecule has 0 bridgehead atoms. The minimum Gasteiger partial charge on any atom is -0.496 e. The molecule has 4 rings (SSSR count). The molecule has 2 atom stereocenters. The van der Waals surface area contributed by atoms with Crippen molar-refractivity contribution in [3.8, 4) is 5.75 Å². The summed E-state index contributed by atoms with van der Waals surface area (Å²) in [5, 5.41) is 18.8. The van der Waals surface area contributed by atoms with Crippen LogP contribution in [-0.2, 0) is 16.1 Å². The molecule has 41 heavy (non-hydrogen) atoms. The summed E-state index contributed by atoms with van der Waals surface area (Å²) in [6, 6.07) is 15.5. The van der Waals surface area contributed by atoms with Gasteiger partial charge >= 0.3 is 12.1 Å². The summed E-state index contributed by atoms with van der Waals surface area (Å²) < 4.78 is 25.0. The highest BCUT2D eigenvalue weighted by atomic mass is 19.1. The summed E-state index contributed by atoms with van der Waals surface area (Å²) in [5.41, 5.74) is 2.57. The number of carbonyl (C=O) groups excluding carboxylic acids is 1. The van der Waals surface area contributed by atoms with E-state index in [0.717, 1.165) is 17.3 Å². The van der Waals surface area contributed by atoms with Gasteiger partial charge in [0.05, 0.1) is 19.1 Å². The molecule has 10 nitrogen and oxygen atoms in total. The third-order valence-corrected chi connectivity index (χ3v) is 6.55. The molecule has 0 saturated carbocycles. The van der Waals surface area contributed by atoms with Crippen LogP contribution in [0.1, 0.15) is 35.6 Å². The van der Waals surface area contributed by atoms with Crippen LogP contribution in [-0.4, -0.2) is 42.9 Å². The van der Waals surface area contributed by atoms with Crippen molar-refractivity contribution in [1.29, 1.82) is 0 Å². The molecule has 3 aromatic carbocycles. The number of pyridine rings is 1. The molecule has 0 aliphatic heterocycles. The minimum atomic E-state index is -1.20. The lowest BCUT2D eigenvalue weighted by Gasteiger charge is -2.20. The third-order valence-electron chi connectivity index (χ3n) is 6.55. The number of benzene rings is 3. The Kier molecular flexibility index (Phi) is 9.20. The maximum Gasteiger partial charge on any atom is 0.411 e. The number of carboxylic acid groups (broad SMARTS) is 1. The predicted molar refractivity (Wildman–Crippen MR) is 154 cm³/mol. The second-order valence-corrected chi connectivity index (χ2v) is 9.50. The molecular formula is C30H31FN4O6. The molecule has 0 saturated heterocycles. The highest BCUT2D eigenvalue weighted by molar-refractivity contribution is 5.87. The van der Waals surface area contributed by atoms with Crippen LogP contribution in [0.3, 0.4) is 0 Å². The fourth-order valence-electron chi connectivity index (χ4n) is 4.49. The van der Waals surface area contributed by atoms with E-state index in [0.29, 0.717) is 29.2 Å². The van der Waals surface area contributed by atoms with Crippen LogP contribution in [0.5, 0.6) is 5.75 Å². The first-order valence-corrected chi connectivity index (χ1v) is 12.9. The quantitative estimate of drug-likeness (QED) is 0.172. The third kappa shape index (κ3) is 7.00. The number of aromatic nitrogens is 1. The van der Waals surface area contributed by atoms with Gasteiger partial charge in [-0.2, -0.15) is 0 Å². The highest BCUT2D eigenvalue weighted by Crippen LogP contribution is 2.32. The first-order chi connectivity index (χ1) is 19.7. The maximum absolute atomic E-state index is 14.0. The number of carboxylic acids is 1. The van der Waals surface area contributed by atoms with Gasteiger partial charge in [0.2, 0.25) is 0 Å². The van der Waals surface area contributed by atoms with Gasteiger partial charge in [-0.3, -0.25) is 10.1 Å². The van der Waals surface area contributed by atoms with Gasteiger partial charge in [-0.15, -0.1) is 0 Å². The molecule has 11 heteroatoms. The molecule has 1 aromatic heterocycles. The monoisotopic (exact) mass is 562 g/mol. The summed E-state index contributed by atoms with van der Waals surface area (Å²) in [6.07, 6.45) is 0.382. The minimum absolute atomic E-state index is 0.0561. The van der Waals surface area contributed by atoms with E-state index in [9.17, 15) is 23.9 Å². The average molecular weight is 563 g/mol. The van der Waals surface area contributed by atoms with Crippen LogP contribution < -0.4 is 26.2 Å². The summed E-state index contributed by atoms with van der Waals surface area (Å²) in [6.45, 7) is 2.58. The number of nitrogens with one attached hydrogen (secondary N) is 4. The van der Waals surface area contributed by atoms with E-state index >= 15 is 0 Å². The predicted octanol–water partition coefficient (Wildman–Crippen LogP) is 4.99. The Morgan fingerprint density at radius 2 is 1.85 bits per heavy atom. The van der Waals surface area contributed by atoms with E-state index in [1.165, 1.54) is 25.3 Å². The summed E-state index contributed by atoms with van der Waals surface area (Å²) in [5.74, 6) is -1.60. The molecule has 1 unspecified atom stereocenters. The first-order valence-electron chi connectivity index (χ1n) is 12.9. The van der Waals surface area contributed by atoms with Gasteiger partial charge in [-0.25, -0.2) is 14.0 Å². The number of hydrogen-bond donors (Lipinski definition) is 5. The summed E-state index contributed by atoms with van der Waals surface area (Å²) >= 11 is 0. The van der Waals surface area contributed by atoms with E-state index < -0.39 is 29.5 Å². The van der Waals surface area contributed by atoms with Crippen molar-refractivity contribution in [3.63, 3.8) is 0 Å². The van der Waals surface area contributed by atoms with Crippen LogP contribution in [0.25, 0.3) is 10.8 Å². The van der Waals surface area contributed by atoms with Crippen molar-refractivity contribution in [2.45, 2.75) is 25.4 Å². The van der Waals surface area contributed by atoms with Gasteiger partial charge in [0.1, 0.15) is 11.6 Å². The van der Waals surface area contributed by atoms with Gasteiger partial charge in [0.25, 0.3) is 5.56 Å². The number of amides is 1. The maximum atomic E-state index is 14.0. The number of halogens is 1. The smallest absolute Gasteiger partial charge is 0.411 e. The largest absolute Gasteiger partial charge is 0.496 e. The Morgan fingerprint density at radius 1 is 1.05 bits per heavy atom. The molecule has 0 fully saturated rings. The molecule has 4 aromatic rings. The van der Waals surface area contributed by atoms with Gasteiger partial charge in [0.15, 0.2) is 6.04 Å². The molecule has 0 spiro atoms. The second kappa shape index (κ2) is 13.0. The highest BCUT2D eigenvalue weighted by Gasteiger charge is 2.23. The fraction of sp³-hybridized carbons (Fsp3) is 0.233. The van der Waals surface area contributed by atoms with Gasteiger partial charge in [-0.05, 0) is 54.6 Å². The number of hydrogen-bond acceptors (Lipinski definition) is 7. The van der Waals surface area contributed by atoms with Crippen molar-refractivity contribution >= 4 is 34.2 Å². The number of rotatable bonds is 11. The number of carbonyl (C=O) groups is 2. The van der Waals surface area contributed by atoms with Gasteiger partial charge in [-0.1, -0.05) is 31.2 Å². The van der Waals surface area contributed by atoms with Crippen LogP contribution in [0.15, 0.2) is 71.7 Å². The van der Waals surface area contributed by atoms with Crippen LogP contribution >= 0.6 is 0 Å². The molecular weight excluding hydrogens is 531 g/mol. The van der Waals surface area contributed by atoms with E-state index in [1.807, 2.05) is 32.2 Å². The van der Waals surface area contributed by atoms with E-state index in [-0.39, 0.29) is 23.3 Å². The number of methoxy groups -OCH3 is 1. The molecule has 0 aliphatic carbocycles. The molecule has 0 radical (unpaired) electrons. The molecule has 1 heterocycles. The Bertz CT molecular complexity index is 1620. The SMILES string of the molecule is CNCc1cccc(NC(=O)OC[C@H](C)c2ccc(C(Nc3ccc4c(F)c[nH]c(=O)c4c3)C(=O)O)cc2OC)c1. The van der Waals surface area contributed by atoms with Crippen molar-refractivity contribution in [1.82, 2.24) is 10.3 Å². The lowest BCUT2D eigenvalue weighted by Crippen LogP contribution is -2.21. The lowest BCUT2D eigenvalue weighted by atomic mass is 9.96. The Balaban J connectivity index is 1.47. The van der Waals surface area contributed by atoms with Crippen LogP contribution in [0.4, 0.5) is 20.6 Å². The zero-order valence-electron chi connectivity index (χ0n) is 22.8.